The predicted molar refractivity (Wildman–Crippen MR) is 358 cm³/mol. The van der Waals surface area contributed by atoms with Crippen molar-refractivity contribution in [3.63, 3.8) is 0 Å². The summed E-state index contributed by atoms with van der Waals surface area (Å²) in [6, 6.07) is 0. The summed E-state index contributed by atoms with van der Waals surface area (Å²) in [5.41, 5.74) is 0. The molecule has 0 saturated carbocycles. The van der Waals surface area contributed by atoms with Gasteiger partial charge in [0.1, 0.15) is 19.3 Å². The maximum atomic E-state index is 13.0. The first-order valence-corrected chi connectivity index (χ1v) is 39.5. The molecule has 0 aliphatic heterocycles. The van der Waals surface area contributed by atoms with E-state index in [9.17, 15) is 43.2 Å². The second-order valence-corrected chi connectivity index (χ2v) is 28.9. The van der Waals surface area contributed by atoms with E-state index in [1.165, 1.54) is 173 Å². The third kappa shape index (κ3) is 63.2. The van der Waals surface area contributed by atoms with Gasteiger partial charge in [-0.1, -0.05) is 305 Å². The van der Waals surface area contributed by atoms with E-state index in [1.807, 2.05) is 0 Å². The van der Waals surface area contributed by atoms with Gasteiger partial charge in [0.05, 0.1) is 26.4 Å². The maximum Gasteiger partial charge on any atom is 0.472 e. The van der Waals surface area contributed by atoms with E-state index < -0.39 is 97.5 Å². The van der Waals surface area contributed by atoms with Gasteiger partial charge in [-0.2, -0.15) is 0 Å². The molecule has 89 heavy (non-hydrogen) atoms. The number of carbonyl (C=O) groups excluding carboxylic acids is 4. The molecule has 17 nitrogen and oxygen atoms in total. The van der Waals surface area contributed by atoms with Crippen LogP contribution in [0.4, 0.5) is 0 Å². The topological polar surface area (TPSA) is 237 Å². The highest BCUT2D eigenvalue weighted by molar-refractivity contribution is 7.47. The maximum absolute atomic E-state index is 13.0. The number of aliphatic hydroxyl groups is 1. The normalized spacial score (nSPS) is 14.4. The molecule has 3 unspecified atom stereocenters. The lowest BCUT2D eigenvalue weighted by molar-refractivity contribution is -0.161. The van der Waals surface area contributed by atoms with Gasteiger partial charge in [0.15, 0.2) is 12.2 Å². The smallest absolute Gasteiger partial charge is 0.462 e. The number of unbranched alkanes of at least 4 members (excludes halogenated alkanes) is 38. The van der Waals surface area contributed by atoms with Crippen LogP contribution in [-0.2, 0) is 65.4 Å². The van der Waals surface area contributed by atoms with E-state index in [4.69, 9.17) is 37.0 Å². The summed E-state index contributed by atoms with van der Waals surface area (Å²) >= 11 is 0. The minimum atomic E-state index is -4.95. The third-order valence-corrected chi connectivity index (χ3v) is 18.5. The van der Waals surface area contributed by atoms with Gasteiger partial charge < -0.3 is 33.8 Å². The summed E-state index contributed by atoms with van der Waals surface area (Å²) in [5.74, 6) is -0.631. The molecule has 0 aromatic carbocycles. The molecular formula is C70H136O17P2. The lowest BCUT2D eigenvalue weighted by Gasteiger charge is -2.21. The zero-order chi connectivity index (χ0) is 65.7. The molecule has 0 aromatic rings. The summed E-state index contributed by atoms with van der Waals surface area (Å²) in [6.45, 7) is 9.50. The lowest BCUT2D eigenvalue weighted by atomic mass is 9.99. The molecule has 0 amide bonds. The van der Waals surface area contributed by atoms with E-state index in [0.717, 1.165) is 102 Å². The molecule has 0 fully saturated rings. The van der Waals surface area contributed by atoms with E-state index in [2.05, 4.69) is 41.5 Å². The largest absolute Gasteiger partial charge is 0.472 e. The van der Waals surface area contributed by atoms with Crippen LogP contribution in [0.3, 0.4) is 0 Å². The number of phosphoric ester groups is 2. The first-order valence-electron chi connectivity index (χ1n) is 36.5. The summed E-state index contributed by atoms with van der Waals surface area (Å²) in [6.07, 6.45) is 47.2. The zero-order valence-electron chi connectivity index (χ0n) is 57.7. The van der Waals surface area contributed by atoms with Crippen molar-refractivity contribution in [2.45, 2.75) is 374 Å². The predicted octanol–water partition coefficient (Wildman–Crippen LogP) is 20.0. The van der Waals surface area contributed by atoms with Gasteiger partial charge in [0, 0.05) is 25.7 Å². The molecule has 528 valence electrons. The Morgan fingerprint density at radius 1 is 0.326 bits per heavy atom. The molecule has 0 rings (SSSR count). The number of phosphoric acid groups is 2. The molecule has 6 atom stereocenters. The first-order chi connectivity index (χ1) is 42.9. The number of ether oxygens (including phenoxy) is 4. The van der Waals surface area contributed by atoms with Gasteiger partial charge in [0.25, 0.3) is 0 Å². The van der Waals surface area contributed by atoms with Gasteiger partial charge in [-0.05, 0) is 37.5 Å². The number of aliphatic hydroxyl groups excluding tert-OH is 1. The second kappa shape index (κ2) is 62.2. The Kier molecular flexibility index (Phi) is 60.8. The van der Waals surface area contributed by atoms with E-state index in [0.29, 0.717) is 25.7 Å². The fourth-order valence-electron chi connectivity index (χ4n) is 10.6. The van der Waals surface area contributed by atoms with Crippen LogP contribution in [0.15, 0.2) is 0 Å². The molecule has 0 radical (unpaired) electrons. The quantitative estimate of drug-likeness (QED) is 0.0222. The van der Waals surface area contributed by atoms with Gasteiger partial charge in [-0.15, -0.1) is 0 Å². The molecule has 19 heteroatoms. The summed E-state index contributed by atoms with van der Waals surface area (Å²) in [4.78, 5) is 72.5. The Bertz CT molecular complexity index is 1740. The van der Waals surface area contributed by atoms with E-state index >= 15 is 0 Å². The molecule has 0 spiro atoms. The Balaban J connectivity index is 5.23. The molecule has 0 saturated heterocycles. The number of hydrogen-bond donors (Lipinski definition) is 3. The van der Waals surface area contributed by atoms with Crippen LogP contribution in [0.25, 0.3) is 0 Å². The van der Waals surface area contributed by atoms with Crippen molar-refractivity contribution in [3.8, 4) is 0 Å². The highest BCUT2D eigenvalue weighted by atomic mass is 31.2. The number of rotatable bonds is 69. The standard InChI is InChI=1S/C70H136O17P2/c1-7-10-12-14-16-18-19-20-21-22-23-24-25-27-36-42-48-54-69(74)86-65(59-81-68(73)53-47-41-35-31-29-33-39-45-51-63(6)9-3)60-84-88(76,77)82-56-64(71)57-83-89(78,79)85-61-66(58-80-67(72)52-46-40-34-26-17-15-13-11-8-2)87-70(75)55-49-43-37-30-28-32-38-44-50-62(4)5/h62-66,71H,7-61H2,1-6H3,(H,76,77)(H,78,79)/t63?,64-,65-,66-/m1/s1. The van der Waals surface area contributed by atoms with Crippen molar-refractivity contribution in [3.05, 3.63) is 0 Å². The molecule has 3 N–H and O–H groups in total. The van der Waals surface area contributed by atoms with Crippen molar-refractivity contribution in [2.75, 3.05) is 39.6 Å². The van der Waals surface area contributed by atoms with Crippen molar-refractivity contribution in [1.29, 1.82) is 0 Å². The SMILES string of the molecule is CCCCCCCCCCCCCCCCCCCC(=O)O[C@H](COC(=O)CCCCCCCCCCC(C)CC)COP(=O)(O)OC[C@@H](O)COP(=O)(O)OC[C@@H](COC(=O)CCCCCCCCCCC)OC(=O)CCCCCCCCCCC(C)C. The lowest BCUT2D eigenvalue weighted by Crippen LogP contribution is -2.30. The Hall–Kier alpha value is -1.94. The van der Waals surface area contributed by atoms with Crippen LogP contribution in [-0.4, -0.2) is 96.7 Å². The number of esters is 4. The molecule has 0 bridgehead atoms. The zero-order valence-corrected chi connectivity index (χ0v) is 59.5. The van der Waals surface area contributed by atoms with E-state index in [-0.39, 0.29) is 25.7 Å². The summed E-state index contributed by atoms with van der Waals surface area (Å²) in [5, 5.41) is 10.6. The van der Waals surface area contributed by atoms with Crippen molar-refractivity contribution in [2.24, 2.45) is 11.8 Å². The van der Waals surface area contributed by atoms with Crippen molar-refractivity contribution in [1.82, 2.24) is 0 Å². The van der Waals surface area contributed by atoms with Crippen LogP contribution in [0.2, 0.25) is 0 Å². The van der Waals surface area contributed by atoms with Gasteiger partial charge >= 0.3 is 39.5 Å². The summed E-state index contributed by atoms with van der Waals surface area (Å²) < 4.78 is 68.2. The fraction of sp³-hybridized carbons (Fsp3) is 0.943. The molecule has 0 aromatic heterocycles. The highest BCUT2D eigenvalue weighted by Gasteiger charge is 2.30. The monoisotopic (exact) mass is 1310 g/mol. The first kappa shape index (κ1) is 87.1. The second-order valence-electron chi connectivity index (χ2n) is 26.0. The number of carbonyl (C=O) groups is 4. The summed E-state index contributed by atoms with van der Waals surface area (Å²) in [7, 11) is -9.90. The van der Waals surface area contributed by atoms with Crippen LogP contribution in [0.1, 0.15) is 356 Å². The van der Waals surface area contributed by atoms with Crippen LogP contribution >= 0.6 is 15.6 Å². The van der Waals surface area contributed by atoms with Gasteiger partial charge in [-0.25, -0.2) is 9.13 Å². The minimum absolute atomic E-state index is 0.104. The molecule has 0 heterocycles. The fourth-order valence-corrected chi connectivity index (χ4v) is 12.1. The van der Waals surface area contributed by atoms with Crippen LogP contribution in [0, 0.1) is 11.8 Å². The van der Waals surface area contributed by atoms with E-state index in [1.54, 1.807) is 0 Å². The van der Waals surface area contributed by atoms with Gasteiger partial charge in [-0.3, -0.25) is 37.3 Å². The Morgan fingerprint density at radius 3 is 0.854 bits per heavy atom. The van der Waals surface area contributed by atoms with Crippen LogP contribution < -0.4 is 0 Å². The van der Waals surface area contributed by atoms with Crippen molar-refractivity contribution < 1.29 is 80.2 Å². The number of hydrogen-bond acceptors (Lipinski definition) is 15. The third-order valence-electron chi connectivity index (χ3n) is 16.6. The van der Waals surface area contributed by atoms with Crippen molar-refractivity contribution >= 4 is 39.5 Å². The molecule has 0 aliphatic rings. The highest BCUT2D eigenvalue weighted by Crippen LogP contribution is 2.45. The van der Waals surface area contributed by atoms with Crippen LogP contribution in [0.5, 0.6) is 0 Å². The molecule has 0 aliphatic carbocycles. The van der Waals surface area contributed by atoms with Gasteiger partial charge in [0.2, 0.25) is 0 Å². The molecular weight excluding hydrogens is 1170 g/mol. The Labute approximate surface area is 543 Å². The Morgan fingerprint density at radius 2 is 0.573 bits per heavy atom. The average molecular weight is 1310 g/mol. The minimum Gasteiger partial charge on any atom is -0.462 e. The average Bonchev–Trinajstić information content (AvgIpc) is 3.71.